The molecule has 2 rings (SSSR count). The van der Waals surface area contributed by atoms with Crippen LogP contribution >= 0.6 is 0 Å². The largest absolute Gasteiger partial charge is 0.361 e. The Labute approximate surface area is 88.3 Å². The van der Waals surface area contributed by atoms with Crippen molar-refractivity contribution in [1.29, 1.82) is 0 Å². The number of nitrogens with zero attached hydrogens (tertiary/aromatic N) is 1. The summed E-state index contributed by atoms with van der Waals surface area (Å²) in [5.41, 5.74) is 1.76. The number of ether oxygens (including phenoxy) is 1. The molecule has 0 unspecified atom stereocenters. The van der Waals surface area contributed by atoms with E-state index in [1.54, 1.807) is 0 Å². The van der Waals surface area contributed by atoms with E-state index in [9.17, 15) is 4.79 Å². The minimum Gasteiger partial charge on any atom is -0.361 e. The normalized spacial score (nSPS) is 10.7. The van der Waals surface area contributed by atoms with Gasteiger partial charge < -0.3 is 9.30 Å². The highest BCUT2D eigenvalue weighted by Gasteiger charge is 2.03. The molecule has 1 aromatic carbocycles. The molecule has 15 heavy (non-hydrogen) atoms. The van der Waals surface area contributed by atoms with Gasteiger partial charge in [0.2, 0.25) is 0 Å². The first kappa shape index (κ1) is 9.93. The van der Waals surface area contributed by atoms with Gasteiger partial charge in [-0.1, -0.05) is 12.1 Å². The van der Waals surface area contributed by atoms with Crippen molar-refractivity contribution in [3.63, 3.8) is 0 Å². The van der Waals surface area contributed by atoms with E-state index in [1.807, 2.05) is 42.0 Å². The minimum absolute atomic E-state index is 0.530. The van der Waals surface area contributed by atoms with E-state index in [2.05, 4.69) is 0 Å². The summed E-state index contributed by atoms with van der Waals surface area (Å²) in [6.45, 7) is 3.18. The lowest BCUT2D eigenvalue weighted by atomic mass is 10.1. The molecule has 0 saturated heterocycles. The molecule has 0 aliphatic heterocycles. The van der Waals surface area contributed by atoms with Crippen LogP contribution in [0.2, 0.25) is 0 Å². The maximum atomic E-state index is 10.8. The quantitative estimate of drug-likeness (QED) is 0.715. The molecule has 0 amide bonds. The Morgan fingerprint density at radius 3 is 3.00 bits per heavy atom. The van der Waals surface area contributed by atoms with Gasteiger partial charge in [-0.25, -0.2) is 0 Å². The summed E-state index contributed by atoms with van der Waals surface area (Å²) in [6, 6.07) is 7.63. The first-order valence-electron chi connectivity index (χ1n) is 4.97. The van der Waals surface area contributed by atoms with Crippen LogP contribution in [0.3, 0.4) is 0 Å². The highest BCUT2D eigenvalue weighted by molar-refractivity contribution is 5.97. The van der Waals surface area contributed by atoms with Gasteiger partial charge in [0.25, 0.3) is 0 Å². The number of aldehydes is 1. The second kappa shape index (κ2) is 4.28. The van der Waals surface area contributed by atoms with Gasteiger partial charge in [-0.15, -0.1) is 0 Å². The molecular weight excluding hydrogens is 190 g/mol. The van der Waals surface area contributed by atoms with Gasteiger partial charge in [0.05, 0.1) is 5.52 Å². The lowest BCUT2D eigenvalue weighted by molar-refractivity contribution is 0.0909. The zero-order valence-electron chi connectivity index (χ0n) is 8.64. The van der Waals surface area contributed by atoms with Gasteiger partial charge in [0.1, 0.15) is 6.73 Å². The van der Waals surface area contributed by atoms with Crippen LogP contribution in [0.4, 0.5) is 0 Å². The molecule has 2 aromatic rings. The molecule has 0 fully saturated rings. The van der Waals surface area contributed by atoms with Crippen molar-refractivity contribution in [3.05, 3.63) is 36.0 Å². The molecule has 78 valence electrons. The van der Waals surface area contributed by atoms with Crippen LogP contribution in [0.25, 0.3) is 10.9 Å². The van der Waals surface area contributed by atoms with Crippen LogP contribution in [0.15, 0.2) is 30.5 Å². The number of benzene rings is 1. The summed E-state index contributed by atoms with van der Waals surface area (Å²) in [4.78, 5) is 10.8. The lowest BCUT2D eigenvalue weighted by Crippen LogP contribution is -2.00. The molecule has 0 atom stereocenters. The van der Waals surface area contributed by atoms with E-state index >= 15 is 0 Å². The third-order valence-electron chi connectivity index (χ3n) is 2.41. The molecule has 3 heteroatoms. The van der Waals surface area contributed by atoms with Gasteiger partial charge in [-0.3, -0.25) is 4.79 Å². The first-order valence-corrected chi connectivity index (χ1v) is 4.97. The molecule has 0 N–H and O–H groups in total. The zero-order chi connectivity index (χ0) is 10.7. The molecule has 1 heterocycles. The number of carbonyl (C=O) groups is 1. The van der Waals surface area contributed by atoms with E-state index in [-0.39, 0.29) is 0 Å². The van der Waals surface area contributed by atoms with Gasteiger partial charge >= 0.3 is 0 Å². The average Bonchev–Trinajstić information content (AvgIpc) is 2.69. The van der Waals surface area contributed by atoms with Crippen LogP contribution in [-0.2, 0) is 11.5 Å². The first-order chi connectivity index (χ1) is 7.36. The maximum absolute atomic E-state index is 10.8. The number of carbonyl (C=O) groups excluding carboxylic acids is 1. The van der Waals surface area contributed by atoms with Crippen molar-refractivity contribution < 1.29 is 9.53 Å². The number of aromatic nitrogens is 1. The minimum atomic E-state index is 0.530. The number of rotatable bonds is 4. The highest BCUT2D eigenvalue weighted by atomic mass is 16.5. The summed E-state index contributed by atoms with van der Waals surface area (Å²) in [7, 11) is 0. The zero-order valence-corrected chi connectivity index (χ0v) is 8.64. The van der Waals surface area contributed by atoms with Crippen LogP contribution in [0.1, 0.15) is 17.3 Å². The fourth-order valence-electron chi connectivity index (χ4n) is 1.65. The Hall–Kier alpha value is -1.61. The van der Waals surface area contributed by atoms with Crippen molar-refractivity contribution in [2.24, 2.45) is 0 Å². The topological polar surface area (TPSA) is 31.2 Å². The molecule has 0 aliphatic rings. The second-order valence-electron chi connectivity index (χ2n) is 3.31. The third-order valence-corrected chi connectivity index (χ3v) is 2.41. The standard InChI is InChI=1S/C12H13NO2/c1-2-15-9-13-7-6-11-10(8-14)4-3-5-12(11)13/h3-8H,2,9H2,1H3. The smallest absolute Gasteiger partial charge is 0.150 e. The third kappa shape index (κ3) is 1.78. The van der Waals surface area contributed by atoms with Crippen LogP contribution in [0, 0.1) is 0 Å². The van der Waals surface area contributed by atoms with Crippen LogP contribution < -0.4 is 0 Å². The van der Waals surface area contributed by atoms with E-state index in [4.69, 9.17) is 4.74 Å². The predicted molar refractivity (Wildman–Crippen MR) is 59.0 cm³/mol. The summed E-state index contributed by atoms with van der Waals surface area (Å²) in [5, 5.41) is 0.979. The van der Waals surface area contributed by atoms with Gasteiger partial charge in [-0.05, 0) is 19.1 Å². The van der Waals surface area contributed by atoms with E-state index in [0.29, 0.717) is 13.3 Å². The summed E-state index contributed by atoms with van der Waals surface area (Å²) in [5.74, 6) is 0. The molecular formula is C12H13NO2. The van der Waals surface area contributed by atoms with Crippen molar-refractivity contribution in [1.82, 2.24) is 4.57 Å². The summed E-state index contributed by atoms with van der Waals surface area (Å²) < 4.78 is 7.33. The van der Waals surface area contributed by atoms with Crippen molar-refractivity contribution >= 4 is 17.2 Å². The molecule has 0 bridgehead atoms. The molecule has 0 radical (unpaired) electrons. The Kier molecular flexibility index (Phi) is 2.83. The maximum Gasteiger partial charge on any atom is 0.150 e. The van der Waals surface area contributed by atoms with E-state index < -0.39 is 0 Å². The van der Waals surface area contributed by atoms with E-state index in [1.165, 1.54) is 0 Å². The predicted octanol–water partition coefficient (Wildman–Crippen LogP) is 2.45. The van der Waals surface area contributed by atoms with Gasteiger partial charge in [-0.2, -0.15) is 0 Å². The number of fused-ring (bicyclic) bond motifs is 1. The molecule has 0 aliphatic carbocycles. The molecule has 0 saturated carbocycles. The van der Waals surface area contributed by atoms with Crippen LogP contribution in [0.5, 0.6) is 0 Å². The number of hydrogen-bond acceptors (Lipinski definition) is 2. The summed E-state index contributed by atoms with van der Waals surface area (Å²) >= 11 is 0. The molecule has 3 nitrogen and oxygen atoms in total. The van der Waals surface area contributed by atoms with Crippen molar-refractivity contribution in [3.8, 4) is 0 Å². The monoisotopic (exact) mass is 203 g/mol. The Balaban J connectivity index is 2.46. The Bertz CT molecular complexity index is 473. The molecule has 0 spiro atoms. The Morgan fingerprint density at radius 1 is 1.40 bits per heavy atom. The highest BCUT2D eigenvalue weighted by Crippen LogP contribution is 2.18. The van der Waals surface area contributed by atoms with Crippen molar-refractivity contribution in [2.75, 3.05) is 6.61 Å². The van der Waals surface area contributed by atoms with Gasteiger partial charge in [0, 0.05) is 23.8 Å². The lowest BCUT2D eigenvalue weighted by Gasteiger charge is -2.05. The SMILES string of the molecule is CCOCn1ccc2c(C=O)cccc21. The van der Waals surface area contributed by atoms with Crippen molar-refractivity contribution in [2.45, 2.75) is 13.7 Å². The fraction of sp³-hybridized carbons (Fsp3) is 0.250. The molecule has 1 aromatic heterocycles. The summed E-state index contributed by atoms with van der Waals surface area (Å²) in [6.07, 6.45) is 2.82. The average molecular weight is 203 g/mol. The fourth-order valence-corrected chi connectivity index (χ4v) is 1.65. The second-order valence-corrected chi connectivity index (χ2v) is 3.31. The number of hydrogen-bond donors (Lipinski definition) is 0. The Morgan fingerprint density at radius 2 is 2.27 bits per heavy atom. The van der Waals surface area contributed by atoms with E-state index in [0.717, 1.165) is 22.8 Å². The van der Waals surface area contributed by atoms with Crippen LogP contribution in [-0.4, -0.2) is 17.5 Å². The van der Waals surface area contributed by atoms with Gasteiger partial charge in [0.15, 0.2) is 6.29 Å².